The van der Waals surface area contributed by atoms with E-state index in [0.717, 1.165) is 11.1 Å². The lowest BCUT2D eigenvalue weighted by molar-refractivity contribution is -0.118. The molecule has 28 heavy (non-hydrogen) atoms. The number of benzene rings is 2. The number of aryl methyl sites for hydroxylation is 2. The van der Waals surface area contributed by atoms with E-state index in [1.54, 1.807) is 0 Å². The smallest absolute Gasteiger partial charge is 0.267 e. The molecule has 2 aromatic rings. The second-order valence-electron chi connectivity index (χ2n) is 6.75. The molecule has 1 aliphatic rings. The average molecular weight is 385 g/mol. The Morgan fingerprint density at radius 2 is 1.86 bits per heavy atom. The standard InChI is InChI=1S/C21H21F2N3O2/c1-13-6-7-14(2)19(12-13)26-20(27)9-8-18(25-26)21(28)24-11-10-15-16(22)4-3-5-17(15)23/h3-7,12H,8-11H2,1-2H3,(H,24,28). The van der Waals surface area contributed by atoms with Gasteiger partial charge in [-0.25, -0.2) is 13.8 Å². The molecule has 0 radical (unpaired) electrons. The van der Waals surface area contributed by atoms with Crippen LogP contribution in [0.1, 0.15) is 29.5 Å². The number of carbonyl (C=O) groups is 2. The van der Waals surface area contributed by atoms with Crippen LogP contribution in [0.2, 0.25) is 0 Å². The van der Waals surface area contributed by atoms with E-state index in [0.29, 0.717) is 5.69 Å². The first-order valence-corrected chi connectivity index (χ1v) is 9.05. The van der Waals surface area contributed by atoms with Crippen LogP contribution < -0.4 is 10.3 Å². The predicted molar refractivity (Wildman–Crippen MR) is 103 cm³/mol. The van der Waals surface area contributed by atoms with Crippen LogP contribution in [-0.4, -0.2) is 24.1 Å². The summed E-state index contributed by atoms with van der Waals surface area (Å²) in [6, 6.07) is 9.33. The van der Waals surface area contributed by atoms with Gasteiger partial charge in [-0.05, 0) is 49.6 Å². The van der Waals surface area contributed by atoms with Gasteiger partial charge in [0, 0.05) is 24.9 Å². The number of hydrazone groups is 1. The van der Waals surface area contributed by atoms with Gasteiger partial charge in [0.15, 0.2) is 0 Å². The third kappa shape index (κ3) is 4.24. The van der Waals surface area contributed by atoms with E-state index in [4.69, 9.17) is 0 Å². The van der Waals surface area contributed by atoms with Crippen molar-refractivity contribution in [2.24, 2.45) is 5.10 Å². The van der Waals surface area contributed by atoms with Crippen LogP contribution in [0.5, 0.6) is 0 Å². The first-order valence-electron chi connectivity index (χ1n) is 9.05. The maximum absolute atomic E-state index is 13.7. The van der Waals surface area contributed by atoms with Gasteiger partial charge >= 0.3 is 0 Å². The summed E-state index contributed by atoms with van der Waals surface area (Å²) in [6.45, 7) is 3.85. The third-order valence-corrected chi connectivity index (χ3v) is 4.61. The molecule has 0 saturated heterocycles. The van der Waals surface area contributed by atoms with Gasteiger partial charge in [0.25, 0.3) is 5.91 Å². The highest BCUT2D eigenvalue weighted by Crippen LogP contribution is 2.25. The van der Waals surface area contributed by atoms with Crippen LogP contribution in [0, 0.1) is 25.5 Å². The summed E-state index contributed by atoms with van der Waals surface area (Å²) in [4.78, 5) is 24.7. The molecule has 1 N–H and O–H groups in total. The molecule has 0 fully saturated rings. The van der Waals surface area contributed by atoms with Crippen molar-refractivity contribution < 1.29 is 18.4 Å². The van der Waals surface area contributed by atoms with Gasteiger partial charge in [-0.3, -0.25) is 9.59 Å². The van der Waals surface area contributed by atoms with E-state index < -0.39 is 17.5 Å². The van der Waals surface area contributed by atoms with Crippen molar-refractivity contribution in [3.05, 3.63) is 64.7 Å². The SMILES string of the molecule is Cc1ccc(C)c(N2N=C(C(=O)NCCc3c(F)cccc3F)CCC2=O)c1. The van der Waals surface area contributed by atoms with Crippen LogP contribution in [0.25, 0.3) is 0 Å². The third-order valence-electron chi connectivity index (χ3n) is 4.61. The zero-order valence-corrected chi connectivity index (χ0v) is 15.8. The second kappa shape index (κ2) is 8.29. The molecule has 0 aliphatic carbocycles. The van der Waals surface area contributed by atoms with Crippen molar-refractivity contribution >= 4 is 23.2 Å². The van der Waals surface area contributed by atoms with E-state index in [9.17, 15) is 18.4 Å². The van der Waals surface area contributed by atoms with Crippen molar-refractivity contribution in [3.63, 3.8) is 0 Å². The highest BCUT2D eigenvalue weighted by Gasteiger charge is 2.26. The van der Waals surface area contributed by atoms with Gasteiger partial charge in [0.2, 0.25) is 5.91 Å². The van der Waals surface area contributed by atoms with E-state index in [1.165, 1.54) is 23.2 Å². The van der Waals surface area contributed by atoms with Gasteiger partial charge in [-0.1, -0.05) is 18.2 Å². The Bertz CT molecular complexity index is 936. The summed E-state index contributed by atoms with van der Waals surface area (Å²) in [6.07, 6.45) is 0.416. The summed E-state index contributed by atoms with van der Waals surface area (Å²) in [5.41, 5.74) is 2.64. The number of hydrogen-bond acceptors (Lipinski definition) is 3. The lowest BCUT2D eigenvalue weighted by atomic mass is 10.1. The molecule has 1 heterocycles. The summed E-state index contributed by atoms with van der Waals surface area (Å²) in [5, 5.41) is 8.12. The molecule has 2 amide bonds. The average Bonchev–Trinajstić information content (AvgIpc) is 2.66. The molecule has 146 valence electrons. The first kappa shape index (κ1) is 19.7. The number of nitrogens with zero attached hydrogens (tertiary/aromatic N) is 2. The Morgan fingerprint density at radius 1 is 1.14 bits per heavy atom. The van der Waals surface area contributed by atoms with Crippen LogP contribution >= 0.6 is 0 Å². The Hall–Kier alpha value is -3.09. The first-order chi connectivity index (χ1) is 13.4. The fourth-order valence-corrected chi connectivity index (χ4v) is 3.03. The molecule has 0 spiro atoms. The normalized spacial score (nSPS) is 14.1. The number of nitrogens with one attached hydrogen (secondary N) is 1. The lowest BCUT2D eigenvalue weighted by Gasteiger charge is -2.24. The van der Waals surface area contributed by atoms with Gasteiger partial charge in [0.1, 0.15) is 17.3 Å². The van der Waals surface area contributed by atoms with Crippen molar-refractivity contribution in [2.75, 3.05) is 11.6 Å². The molecular weight excluding hydrogens is 364 g/mol. The largest absolute Gasteiger partial charge is 0.351 e. The van der Waals surface area contributed by atoms with Crippen LogP contribution in [0.4, 0.5) is 14.5 Å². The fourth-order valence-electron chi connectivity index (χ4n) is 3.03. The van der Waals surface area contributed by atoms with E-state index in [2.05, 4.69) is 10.4 Å². The molecule has 3 rings (SSSR count). The zero-order chi connectivity index (χ0) is 20.3. The quantitative estimate of drug-likeness (QED) is 0.857. The number of halogens is 2. The minimum atomic E-state index is -0.643. The highest BCUT2D eigenvalue weighted by atomic mass is 19.1. The van der Waals surface area contributed by atoms with Gasteiger partial charge in [-0.15, -0.1) is 0 Å². The zero-order valence-electron chi connectivity index (χ0n) is 15.8. The van der Waals surface area contributed by atoms with Gasteiger partial charge < -0.3 is 5.32 Å². The maximum atomic E-state index is 13.7. The Morgan fingerprint density at radius 3 is 2.57 bits per heavy atom. The molecular formula is C21H21F2N3O2. The minimum Gasteiger partial charge on any atom is -0.351 e. The Kier molecular flexibility index (Phi) is 5.82. The number of carbonyl (C=O) groups excluding carboxylic acids is 2. The summed E-state index contributed by atoms with van der Waals surface area (Å²) in [5.74, 6) is -1.91. The van der Waals surface area contributed by atoms with E-state index >= 15 is 0 Å². The Labute approximate surface area is 162 Å². The van der Waals surface area contributed by atoms with Crippen LogP contribution in [0.3, 0.4) is 0 Å². The minimum absolute atomic E-state index is 0.0250. The molecule has 0 unspecified atom stereocenters. The fraction of sp³-hybridized carbons (Fsp3) is 0.286. The number of anilines is 1. The number of amides is 2. The van der Waals surface area contributed by atoms with Gasteiger partial charge in [0.05, 0.1) is 5.69 Å². The molecule has 2 aromatic carbocycles. The van der Waals surface area contributed by atoms with Crippen molar-refractivity contribution in [3.8, 4) is 0 Å². The van der Waals surface area contributed by atoms with E-state index in [1.807, 2.05) is 32.0 Å². The summed E-state index contributed by atoms with van der Waals surface area (Å²) >= 11 is 0. The lowest BCUT2D eigenvalue weighted by Crippen LogP contribution is -2.40. The molecule has 7 heteroatoms. The molecule has 5 nitrogen and oxygen atoms in total. The van der Waals surface area contributed by atoms with Crippen LogP contribution in [0.15, 0.2) is 41.5 Å². The molecule has 0 bridgehead atoms. The number of hydrogen-bond donors (Lipinski definition) is 1. The summed E-state index contributed by atoms with van der Waals surface area (Å²) in [7, 11) is 0. The molecule has 0 aromatic heterocycles. The summed E-state index contributed by atoms with van der Waals surface area (Å²) < 4.78 is 27.3. The monoisotopic (exact) mass is 385 g/mol. The maximum Gasteiger partial charge on any atom is 0.267 e. The predicted octanol–water partition coefficient (Wildman–Crippen LogP) is 3.42. The second-order valence-corrected chi connectivity index (χ2v) is 6.75. The highest BCUT2D eigenvalue weighted by molar-refractivity contribution is 6.40. The van der Waals surface area contributed by atoms with Crippen LogP contribution in [-0.2, 0) is 16.0 Å². The topological polar surface area (TPSA) is 61.8 Å². The molecule has 0 saturated carbocycles. The Balaban J connectivity index is 1.71. The molecule has 0 atom stereocenters. The van der Waals surface area contributed by atoms with E-state index in [-0.39, 0.29) is 43.0 Å². The van der Waals surface area contributed by atoms with Crippen molar-refractivity contribution in [2.45, 2.75) is 33.1 Å². The van der Waals surface area contributed by atoms with Crippen molar-refractivity contribution in [1.29, 1.82) is 0 Å². The van der Waals surface area contributed by atoms with Crippen molar-refractivity contribution in [1.82, 2.24) is 5.32 Å². The molecule has 1 aliphatic heterocycles. The van der Waals surface area contributed by atoms with Gasteiger partial charge in [-0.2, -0.15) is 5.10 Å². The number of rotatable bonds is 5.